The summed E-state index contributed by atoms with van der Waals surface area (Å²) in [6, 6.07) is 27.9. The van der Waals surface area contributed by atoms with Crippen LogP contribution < -0.4 is 16.0 Å². The van der Waals surface area contributed by atoms with Crippen molar-refractivity contribution < 1.29 is 4.79 Å². The van der Waals surface area contributed by atoms with E-state index in [0.717, 1.165) is 36.6 Å². The van der Waals surface area contributed by atoms with Gasteiger partial charge in [-0.25, -0.2) is 9.97 Å². The standard InChI is InChI=1S/C29H27N5O/c30-29-24(18-22(19-32-29)15-14-21-8-3-1-4-9-21)28(35)25-12-7-13-27(33-25)34-17-16-31-26(20-34)23-10-5-2-6-11-23/h1-15,18-19,26,31H,16-17,20H2,(H2,30,32). The van der Waals surface area contributed by atoms with E-state index in [0.29, 0.717) is 11.3 Å². The molecule has 1 fully saturated rings. The van der Waals surface area contributed by atoms with Crippen LogP contribution in [0.4, 0.5) is 11.6 Å². The minimum atomic E-state index is -0.235. The summed E-state index contributed by atoms with van der Waals surface area (Å²) >= 11 is 0. The topological polar surface area (TPSA) is 84.1 Å². The zero-order valence-corrected chi connectivity index (χ0v) is 19.3. The maximum Gasteiger partial charge on any atom is 0.215 e. The summed E-state index contributed by atoms with van der Waals surface area (Å²) in [6.07, 6.45) is 5.57. The molecule has 1 saturated heterocycles. The number of hydrogen-bond donors (Lipinski definition) is 2. The molecule has 0 amide bonds. The normalized spacial score (nSPS) is 15.9. The molecule has 0 radical (unpaired) electrons. The lowest BCUT2D eigenvalue weighted by Crippen LogP contribution is -2.46. The Morgan fingerprint density at radius 3 is 2.49 bits per heavy atom. The van der Waals surface area contributed by atoms with Crippen LogP contribution in [0.1, 0.15) is 38.8 Å². The second-order valence-electron chi connectivity index (χ2n) is 8.52. The lowest BCUT2D eigenvalue weighted by Gasteiger charge is -2.35. The number of carbonyl (C=O) groups excluding carboxylic acids is 1. The minimum Gasteiger partial charge on any atom is -0.383 e. The van der Waals surface area contributed by atoms with Crippen molar-refractivity contribution in [2.24, 2.45) is 0 Å². The molecule has 3 N–H and O–H groups in total. The van der Waals surface area contributed by atoms with E-state index in [1.807, 2.05) is 60.7 Å². The fourth-order valence-electron chi connectivity index (χ4n) is 4.25. The Balaban J connectivity index is 1.36. The van der Waals surface area contributed by atoms with Crippen LogP contribution in [0.3, 0.4) is 0 Å². The number of nitrogens with zero attached hydrogens (tertiary/aromatic N) is 3. The quantitative estimate of drug-likeness (QED) is 0.408. The number of pyridine rings is 2. The number of benzene rings is 2. The predicted molar refractivity (Wildman–Crippen MR) is 141 cm³/mol. The number of rotatable bonds is 6. The van der Waals surface area contributed by atoms with E-state index >= 15 is 0 Å². The van der Waals surface area contributed by atoms with Crippen LogP contribution in [0, 0.1) is 0 Å². The van der Waals surface area contributed by atoms with Gasteiger partial charge in [0.1, 0.15) is 17.3 Å². The zero-order valence-electron chi connectivity index (χ0n) is 19.3. The number of nitrogen functional groups attached to an aromatic ring is 1. The van der Waals surface area contributed by atoms with E-state index in [1.165, 1.54) is 5.56 Å². The molecular formula is C29H27N5O. The maximum atomic E-state index is 13.4. The molecule has 6 heteroatoms. The third-order valence-electron chi connectivity index (χ3n) is 6.12. The second kappa shape index (κ2) is 10.3. The van der Waals surface area contributed by atoms with Crippen molar-refractivity contribution in [2.45, 2.75) is 6.04 Å². The van der Waals surface area contributed by atoms with Gasteiger partial charge in [-0.05, 0) is 34.9 Å². The summed E-state index contributed by atoms with van der Waals surface area (Å²) in [5, 5.41) is 3.57. The van der Waals surface area contributed by atoms with Crippen molar-refractivity contribution in [1.82, 2.24) is 15.3 Å². The molecule has 0 spiro atoms. The molecule has 2 aromatic carbocycles. The first kappa shape index (κ1) is 22.5. The lowest BCUT2D eigenvalue weighted by molar-refractivity contribution is 0.103. The summed E-state index contributed by atoms with van der Waals surface area (Å²) in [4.78, 5) is 24.6. The minimum absolute atomic E-state index is 0.199. The molecule has 5 rings (SSSR count). The van der Waals surface area contributed by atoms with Gasteiger partial charge in [0.25, 0.3) is 0 Å². The highest BCUT2D eigenvalue weighted by molar-refractivity contribution is 6.11. The van der Waals surface area contributed by atoms with Crippen LogP contribution in [-0.2, 0) is 0 Å². The molecule has 1 aliphatic heterocycles. The monoisotopic (exact) mass is 461 g/mol. The SMILES string of the molecule is Nc1ncc(C=Cc2ccccc2)cc1C(=O)c1cccc(N2CCNC(c3ccccc3)C2)n1. The predicted octanol–water partition coefficient (Wildman–Crippen LogP) is 4.61. The Morgan fingerprint density at radius 1 is 0.943 bits per heavy atom. The van der Waals surface area contributed by atoms with E-state index in [-0.39, 0.29) is 17.6 Å². The van der Waals surface area contributed by atoms with Crippen LogP contribution in [-0.4, -0.2) is 35.4 Å². The molecule has 1 aliphatic rings. The van der Waals surface area contributed by atoms with Crippen LogP contribution in [0.15, 0.2) is 91.1 Å². The summed E-state index contributed by atoms with van der Waals surface area (Å²) in [5.74, 6) is 0.747. The molecule has 4 aromatic rings. The molecule has 1 atom stereocenters. The first-order valence-corrected chi connectivity index (χ1v) is 11.7. The van der Waals surface area contributed by atoms with Gasteiger partial charge in [-0.15, -0.1) is 0 Å². The van der Waals surface area contributed by atoms with E-state index in [2.05, 4.69) is 39.5 Å². The van der Waals surface area contributed by atoms with E-state index in [9.17, 15) is 4.79 Å². The Morgan fingerprint density at radius 2 is 1.69 bits per heavy atom. The van der Waals surface area contributed by atoms with Gasteiger partial charge in [0.2, 0.25) is 5.78 Å². The molecule has 2 aromatic heterocycles. The largest absolute Gasteiger partial charge is 0.383 e. The molecule has 1 unspecified atom stereocenters. The smallest absolute Gasteiger partial charge is 0.215 e. The highest BCUT2D eigenvalue weighted by Crippen LogP contribution is 2.23. The van der Waals surface area contributed by atoms with Gasteiger partial charge in [0.15, 0.2) is 0 Å². The first-order chi connectivity index (χ1) is 17.2. The molecule has 35 heavy (non-hydrogen) atoms. The van der Waals surface area contributed by atoms with Crippen LogP contribution >= 0.6 is 0 Å². The number of carbonyl (C=O) groups is 1. The van der Waals surface area contributed by atoms with Gasteiger partial charge in [-0.3, -0.25) is 4.79 Å². The van der Waals surface area contributed by atoms with E-state index in [4.69, 9.17) is 10.7 Å². The molecule has 6 nitrogen and oxygen atoms in total. The fourth-order valence-corrected chi connectivity index (χ4v) is 4.25. The Labute approximate surface area is 205 Å². The molecule has 0 saturated carbocycles. The average Bonchev–Trinajstić information content (AvgIpc) is 2.93. The molecular weight excluding hydrogens is 434 g/mol. The highest BCUT2D eigenvalue weighted by atomic mass is 16.1. The second-order valence-corrected chi connectivity index (χ2v) is 8.52. The van der Waals surface area contributed by atoms with Crippen LogP contribution in [0.5, 0.6) is 0 Å². The summed E-state index contributed by atoms with van der Waals surface area (Å²) < 4.78 is 0. The van der Waals surface area contributed by atoms with Gasteiger partial charge in [-0.1, -0.05) is 78.9 Å². The fraction of sp³-hybridized carbons (Fsp3) is 0.138. The van der Waals surface area contributed by atoms with Gasteiger partial charge in [0.05, 0.1) is 5.56 Å². The number of piperazine rings is 1. The van der Waals surface area contributed by atoms with Crippen molar-refractivity contribution in [1.29, 1.82) is 0 Å². The van der Waals surface area contributed by atoms with Gasteiger partial charge in [0, 0.05) is 31.9 Å². The maximum absolute atomic E-state index is 13.4. The number of nitrogens with two attached hydrogens (primary N) is 1. The van der Waals surface area contributed by atoms with Crippen molar-refractivity contribution in [3.63, 3.8) is 0 Å². The molecule has 174 valence electrons. The third-order valence-corrected chi connectivity index (χ3v) is 6.12. The number of aromatic nitrogens is 2. The number of anilines is 2. The molecule has 3 heterocycles. The number of ketones is 1. The molecule has 0 aliphatic carbocycles. The van der Waals surface area contributed by atoms with E-state index in [1.54, 1.807) is 18.3 Å². The lowest BCUT2D eigenvalue weighted by atomic mass is 10.0. The van der Waals surface area contributed by atoms with Crippen molar-refractivity contribution in [3.05, 3.63) is 119 Å². The van der Waals surface area contributed by atoms with Gasteiger partial charge < -0.3 is 16.0 Å². The average molecular weight is 462 g/mol. The Kier molecular flexibility index (Phi) is 6.63. The van der Waals surface area contributed by atoms with Crippen molar-refractivity contribution in [3.8, 4) is 0 Å². The third kappa shape index (κ3) is 5.28. The Bertz CT molecular complexity index is 1340. The number of nitrogens with one attached hydrogen (secondary N) is 1. The van der Waals surface area contributed by atoms with Crippen molar-refractivity contribution in [2.75, 3.05) is 30.3 Å². The highest BCUT2D eigenvalue weighted by Gasteiger charge is 2.23. The van der Waals surface area contributed by atoms with Crippen LogP contribution in [0.25, 0.3) is 12.2 Å². The van der Waals surface area contributed by atoms with E-state index < -0.39 is 0 Å². The summed E-state index contributed by atoms with van der Waals surface area (Å²) in [6.45, 7) is 2.43. The number of hydrogen-bond acceptors (Lipinski definition) is 6. The Hall–Kier alpha value is -4.29. The van der Waals surface area contributed by atoms with Gasteiger partial charge >= 0.3 is 0 Å². The summed E-state index contributed by atoms with van der Waals surface area (Å²) in [5.41, 5.74) is 9.91. The summed E-state index contributed by atoms with van der Waals surface area (Å²) in [7, 11) is 0. The van der Waals surface area contributed by atoms with Gasteiger partial charge in [-0.2, -0.15) is 0 Å². The van der Waals surface area contributed by atoms with Crippen LogP contribution in [0.2, 0.25) is 0 Å². The zero-order chi connectivity index (χ0) is 24.0. The molecule has 0 bridgehead atoms. The first-order valence-electron chi connectivity index (χ1n) is 11.7. The van der Waals surface area contributed by atoms with Crippen molar-refractivity contribution >= 4 is 29.6 Å².